The van der Waals surface area contributed by atoms with Crippen LogP contribution in [-0.2, 0) is 10.1 Å². The standard InChI is InChI=1S/C8H9BrO3S2/c1-6-2-3-7(9)8(4-6)13-5-14(10,11)12/h2-4H,5H2,1H3,(H,10,11,12). The van der Waals surface area contributed by atoms with Gasteiger partial charge >= 0.3 is 0 Å². The second-order valence-electron chi connectivity index (χ2n) is 2.78. The van der Waals surface area contributed by atoms with Gasteiger partial charge in [0, 0.05) is 9.37 Å². The first kappa shape index (κ1) is 12.0. The van der Waals surface area contributed by atoms with E-state index >= 15 is 0 Å². The quantitative estimate of drug-likeness (QED) is 0.688. The van der Waals surface area contributed by atoms with Crippen molar-refractivity contribution >= 4 is 37.8 Å². The van der Waals surface area contributed by atoms with Crippen LogP contribution in [0.2, 0.25) is 0 Å². The molecule has 0 aliphatic carbocycles. The maximum absolute atomic E-state index is 10.5. The second-order valence-corrected chi connectivity index (χ2v) is 6.47. The molecule has 0 heterocycles. The van der Waals surface area contributed by atoms with Gasteiger partial charge < -0.3 is 0 Å². The number of thioether (sulfide) groups is 1. The zero-order chi connectivity index (χ0) is 10.8. The van der Waals surface area contributed by atoms with E-state index in [1.165, 1.54) is 0 Å². The average Bonchev–Trinajstić information content (AvgIpc) is 2.05. The Morgan fingerprint density at radius 3 is 2.71 bits per heavy atom. The van der Waals surface area contributed by atoms with Gasteiger partial charge in [0.2, 0.25) is 0 Å². The first-order valence-electron chi connectivity index (χ1n) is 3.72. The van der Waals surface area contributed by atoms with E-state index in [1.54, 1.807) is 0 Å². The molecule has 14 heavy (non-hydrogen) atoms. The summed E-state index contributed by atoms with van der Waals surface area (Å²) in [5.41, 5.74) is 1.05. The summed E-state index contributed by atoms with van der Waals surface area (Å²) in [5, 5.41) is -0.324. The first-order valence-corrected chi connectivity index (χ1v) is 7.11. The van der Waals surface area contributed by atoms with E-state index in [0.717, 1.165) is 26.7 Å². The summed E-state index contributed by atoms with van der Waals surface area (Å²) in [5.74, 6) is 0. The molecule has 6 heteroatoms. The summed E-state index contributed by atoms with van der Waals surface area (Å²) in [6, 6.07) is 5.63. The summed E-state index contributed by atoms with van der Waals surface area (Å²) < 4.78 is 30.4. The molecule has 0 saturated heterocycles. The lowest BCUT2D eigenvalue weighted by atomic mass is 10.2. The van der Waals surface area contributed by atoms with Gasteiger partial charge in [0.25, 0.3) is 10.1 Å². The summed E-state index contributed by atoms with van der Waals surface area (Å²) in [7, 11) is -3.91. The Bertz CT molecular complexity index is 428. The summed E-state index contributed by atoms with van der Waals surface area (Å²) in [6.45, 7) is 1.92. The predicted molar refractivity (Wildman–Crippen MR) is 61.2 cm³/mol. The van der Waals surface area contributed by atoms with Crippen molar-refractivity contribution in [1.82, 2.24) is 0 Å². The van der Waals surface area contributed by atoms with Crippen LogP contribution in [0, 0.1) is 6.92 Å². The van der Waals surface area contributed by atoms with E-state index in [1.807, 2.05) is 25.1 Å². The van der Waals surface area contributed by atoms with Crippen molar-refractivity contribution in [3.63, 3.8) is 0 Å². The molecular weight excluding hydrogens is 288 g/mol. The van der Waals surface area contributed by atoms with Crippen molar-refractivity contribution in [3.8, 4) is 0 Å². The number of rotatable bonds is 3. The van der Waals surface area contributed by atoms with Crippen LogP contribution in [0.25, 0.3) is 0 Å². The molecule has 0 amide bonds. The molecule has 0 aliphatic rings. The van der Waals surface area contributed by atoms with Gasteiger partial charge in [-0.3, -0.25) is 4.55 Å². The van der Waals surface area contributed by atoms with Gasteiger partial charge in [-0.1, -0.05) is 6.07 Å². The molecule has 0 atom stereocenters. The molecule has 1 aromatic carbocycles. The Balaban J connectivity index is 2.81. The third-order valence-corrected chi connectivity index (χ3v) is 4.72. The van der Waals surface area contributed by atoms with Crippen molar-refractivity contribution in [3.05, 3.63) is 28.2 Å². The zero-order valence-electron chi connectivity index (χ0n) is 7.40. The molecule has 3 nitrogen and oxygen atoms in total. The summed E-state index contributed by atoms with van der Waals surface area (Å²) >= 11 is 4.38. The fraction of sp³-hybridized carbons (Fsp3) is 0.250. The van der Waals surface area contributed by atoms with Crippen molar-refractivity contribution in [2.45, 2.75) is 11.8 Å². The van der Waals surface area contributed by atoms with E-state index in [0.29, 0.717) is 0 Å². The highest BCUT2D eigenvalue weighted by atomic mass is 79.9. The maximum atomic E-state index is 10.5. The minimum Gasteiger partial charge on any atom is -0.285 e. The molecule has 0 saturated carbocycles. The van der Waals surface area contributed by atoms with E-state index in [4.69, 9.17) is 4.55 Å². The van der Waals surface area contributed by atoms with Crippen LogP contribution in [0.15, 0.2) is 27.6 Å². The Morgan fingerprint density at radius 1 is 1.50 bits per heavy atom. The molecule has 1 rings (SSSR count). The van der Waals surface area contributed by atoms with Crippen molar-refractivity contribution in [2.75, 3.05) is 5.08 Å². The lowest BCUT2D eigenvalue weighted by molar-refractivity contribution is 0.489. The van der Waals surface area contributed by atoms with E-state index in [2.05, 4.69) is 15.9 Å². The molecule has 1 aromatic rings. The highest BCUT2D eigenvalue weighted by Gasteiger charge is 2.07. The number of benzene rings is 1. The van der Waals surface area contributed by atoms with Crippen LogP contribution in [0.5, 0.6) is 0 Å². The Labute approximate surface area is 95.8 Å². The average molecular weight is 297 g/mol. The van der Waals surface area contributed by atoms with Crippen LogP contribution in [-0.4, -0.2) is 18.1 Å². The van der Waals surface area contributed by atoms with Crippen LogP contribution in [0.1, 0.15) is 5.56 Å². The molecule has 78 valence electrons. The highest BCUT2D eigenvalue weighted by molar-refractivity contribution is 9.10. The van der Waals surface area contributed by atoms with Crippen molar-refractivity contribution in [2.24, 2.45) is 0 Å². The molecule has 0 fully saturated rings. The number of halogens is 1. The molecule has 1 N–H and O–H groups in total. The Morgan fingerprint density at radius 2 is 2.14 bits per heavy atom. The summed E-state index contributed by atoms with van der Waals surface area (Å²) in [4.78, 5) is 0.808. The summed E-state index contributed by atoms with van der Waals surface area (Å²) in [6.07, 6.45) is 0. The minimum absolute atomic E-state index is 0.324. The molecule has 0 spiro atoms. The van der Waals surface area contributed by atoms with E-state index < -0.39 is 10.1 Å². The van der Waals surface area contributed by atoms with E-state index in [9.17, 15) is 8.42 Å². The fourth-order valence-corrected chi connectivity index (χ4v) is 3.03. The van der Waals surface area contributed by atoms with E-state index in [-0.39, 0.29) is 5.08 Å². The molecule has 0 unspecified atom stereocenters. The van der Waals surface area contributed by atoms with Crippen LogP contribution in [0.4, 0.5) is 0 Å². The molecular formula is C8H9BrO3S2. The smallest absolute Gasteiger partial charge is 0.274 e. The van der Waals surface area contributed by atoms with Gasteiger partial charge in [0.05, 0.1) is 0 Å². The molecule has 0 radical (unpaired) electrons. The monoisotopic (exact) mass is 296 g/mol. The largest absolute Gasteiger partial charge is 0.285 e. The lowest BCUT2D eigenvalue weighted by Gasteiger charge is -2.03. The van der Waals surface area contributed by atoms with Crippen molar-refractivity contribution in [1.29, 1.82) is 0 Å². The molecule has 0 bridgehead atoms. The fourth-order valence-electron chi connectivity index (χ4n) is 0.859. The minimum atomic E-state index is -3.91. The zero-order valence-corrected chi connectivity index (χ0v) is 10.6. The van der Waals surface area contributed by atoms with Crippen molar-refractivity contribution < 1.29 is 13.0 Å². The molecule has 0 aliphatic heterocycles. The highest BCUT2D eigenvalue weighted by Crippen LogP contribution is 2.28. The number of hydrogen-bond donors (Lipinski definition) is 1. The first-order chi connectivity index (χ1) is 6.38. The third-order valence-electron chi connectivity index (χ3n) is 1.45. The van der Waals surface area contributed by atoms with Gasteiger partial charge in [-0.2, -0.15) is 8.42 Å². The SMILES string of the molecule is Cc1ccc(Br)c(SCS(=O)(=O)O)c1. The van der Waals surface area contributed by atoms with Gasteiger partial charge in [0.15, 0.2) is 0 Å². The van der Waals surface area contributed by atoms with Gasteiger partial charge in [-0.05, 0) is 40.5 Å². The van der Waals surface area contributed by atoms with Gasteiger partial charge in [-0.15, -0.1) is 11.8 Å². The van der Waals surface area contributed by atoms with Crippen LogP contribution >= 0.6 is 27.7 Å². The lowest BCUT2D eigenvalue weighted by Crippen LogP contribution is -1.99. The van der Waals surface area contributed by atoms with Crippen LogP contribution < -0.4 is 0 Å². The second kappa shape index (κ2) is 4.65. The van der Waals surface area contributed by atoms with Gasteiger partial charge in [0.1, 0.15) is 5.08 Å². The topological polar surface area (TPSA) is 54.4 Å². The number of aryl methyl sites for hydroxylation is 1. The predicted octanol–water partition coefficient (Wildman–Crippen LogP) is 2.69. The number of hydrogen-bond acceptors (Lipinski definition) is 3. The van der Waals surface area contributed by atoms with Crippen LogP contribution in [0.3, 0.4) is 0 Å². The molecule has 0 aromatic heterocycles. The normalized spacial score (nSPS) is 11.6. The maximum Gasteiger partial charge on any atom is 0.274 e. The third kappa shape index (κ3) is 4.00. The Kier molecular flexibility index (Phi) is 4.00. The Hall–Kier alpha value is -0.0400. The van der Waals surface area contributed by atoms with Gasteiger partial charge in [-0.25, -0.2) is 0 Å².